The van der Waals surface area contributed by atoms with E-state index in [9.17, 15) is 4.79 Å². The molecule has 122 valence electrons. The fourth-order valence-corrected chi connectivity index (χ4v) is 3.88. The topological polar surface area (TPSA) is 48.6 Å². The standard InChI is InChI=1S/C18H23N3O2/c1-13-17(15-4-2-3-5-16(15)19-13)18(22)21-7-6-14(12-21)20-8-10-23-11-9-20/h2-5,14,19H,6-12H2,1H3. The normalized spacial score (nSPS) is 22.8. The average molecular weight is 313 g/mol. The van der Waals surface area contributed by atoms with Crippen LogP contribution in [0.15, 0.2) is 24.3 Å². The fraction of sp³-hybridized carbons (Fsp3) is 0.500. The van der Waals surface area contributed by atoms with Crippen LogP contribution in [0.25, 0.3) is 10.9 Å². The quantitative estimate of drug-likeness (QED) is 0.923. The Balaban J connectivity index is 1.54. The van der Waals surface area contributed by atoms with Gasteiger partial charge in [-0.05, 0) is 19.4 Å². The summed E-state index contributed by atoms with van der Waals surface area (Å²) in [5, 5.41) is 1.03. The molecule has 23 heavy (non-hydrogen) atoms. The number of carbonyl (C=O) groups is 1. The number of aryl methyl sites for hydroxylation is 1. The largest absolute Gasteiger partial charge is 0.379 e. The fourth-order valence-electron chi connectivity index (χ4n) is 3.88. The Labute approximate surface area is 136 Å². The zero-order valence-electron chi connectivity index (χ0n) is 13.5. The van der Waals surface area contributed by atoms with Crippen molar-refractivity contribution in [1.82, 2.24) is 14.8 Å². The van der Waals surface area contributed by atoms with Crippen molar-refractivity contribution < 1.29 is 9.53 Å². The highest BCUT2D eigenvalue weighted by Gasteiger charge is 2.32. The van der Waals surface area contributed by atoms with Gasteiger partial charge in [0.15, 0.2) is 0 Å². The Hall–Kier alpha value is -1.85. The molecule has 3 heterocycles. The Bertz CT molecular complexity index is 718. The van der Waals surface area contributed by atoms with Gasteiger partial charge in [0.2, 0.25) is 0 Å². The zero-order valence-corrected chi connectivity index (χ0v) is 13.5. The minimum atomic E-state index is 0.163. The summed E-state index contributed by atoms with van der Waals surface area (Å²) < 4.78 is 5.43. The summed E-state index contributed by atoms with van der Waals surface area (Å²) >= 11 is 0. The molecule has 0 saturated carbocycles. The number of fused-ring (bicyclic) bond motifs is 1. The highest BCUT2D eigenvalue weighted by molar-refractivity contribution is 6.08. The van der Waals surface area contributed by atoms with Crippen molar-refractivity contribution >= 4 is 16.8 Å². The molecule has 1 aromatic heterocycles. The molecular formula is C18H23N3O2. The third-order valence-electron chi connectivity index (χ3n) is 5.12. The van der Waals surface area contributed by atoms with E-state index in [-0.39, 0.29) is 5.91 Å². The molecule has 1 N–H and O–H groups in total. The number of para-hydroxylation sites is 1. The number of amides is 1. The summed E-state index contributed by atoms with van der Waals surface area (Å²) in [6.45, 7) is 7.26. The Morgan fingerprint density at radius 3 is 2.83 bits per heavy atom. The van der Waals surface area contributed by atoms with E-state index in [4.69, 9.17) is 4.74 Å². The Kier molecular flexibility index (Phi) is 3.83. The van der Waals surface area contributed by atoms with Crippen molar-refractivity contribution in [1.29, 1.82) is 0 Å². The first kappa shape index (κ1) is 14.7. The summed E-state index contributed by atoms with van der Waals surface area (Å²) in [5.74, 6) is 0.163. The number of aromatic amines is 1. The van der Waals surface area contributed by atoms with Gasteiger partial charge in [-0.15, -0.1) is 0 Å². The molecule has 0 bridgehead atoms. The van der Waals surface area contributed by atoms with Crippen LogP contribution < -0.4 is 0 Å². The maximum atomic E-state index is 13.0. The molecule has 2 aliphatic heterocycles. The lowest BCUT2D eigenvalue weighted by atomic mass is 10.1. The van der Waals surface area contributed by atoms with Crippen molar-refractivity contribution in [3.63, 3.8) is 0 Å². The minimum Gasteiger partial charge on any atom is -0.379 e. The van der Waals surface area contributed by atoms with Crippen molar-refractivity contribution in [2.75, 3.05) is 39.4 Å². The van der Waals surface area contributed by atoms with E-state index in [0.717, 1.165) is 68.0 Å². The number of hydrogen-bond donors (Lipinski definition) is 1. The number of benzene rings is 1. The van der Waals surface area contributed by atoms with Gasteiger partial charge in [0.05, 0.1) is 18.8 Å². The molecule has 1 aromatic carbocycles. The van der Waals surface area contributed by atoms with Gasteiger partial charge in [-0.1, -0.05) is 18.2 Å². The van der Waals surface area contributed by atoms with Gasteiger partial charge in [0, 0.05) is 48.8 Å². The number of nitrogens with zero attached hydrogens (tertiary/aromatic N) is 2. The molecular weight excluding hydrogens is 290 g/mol. The smallest absolute Gasteiger partial charge is 0.256 e. The third kappa shape index (κ3) is 2.64. The molecule has 0 aliphatic carbocycles. The molecule has 1 amide bonds. The van der Waals surface area contributed by atoms with Gasteiger partial charge in [0.25, 0.3) is 5.91 Å². The second kappa shape index (κ2) is 5.98. The van der Waals surface area contributed by atoms with Crippen LogP contribution in [-0.4, -0.2) is 66.1 Å². The van der Waals surface area contributed by atoms with Gasteiger partial charge >= 0.3 is 0 Å². The predicted octanol–water partition coefficient (Wildman–Crippen LogP) is 2.02. The van der Waals surface area contributed by atoms with Gasteiger partial charge in [-0.25, -0.2) is 0 Å². The van der Waals surface area contributed by atoms with Crippen LogP contribution in [0.1, 0.15) is 22.5 Å². The maximum Gasteiger partial charge on any atom is 0.256 e. The first-order valence-corrected chi connectivity index (χ1v) is 8.42. The van der Waals surface area contributed by atoms with Crippen LogP contribution in [0.2, 0.25) is 0 Å². The summed E-state index contributed by atoms with van der Waals surface area (Å²) in [4.78, 5) is 20.9. The number of morpholine rings is 1. The number of nitrogens with one attached hydrogen (secondary N) is 1. The number of likely N-dealkylation sites (tertiary alicyclic amines) is 1. The SMILES string of the molecule is Cc1[nH]c2ccccc2c1C(=O)N1CCC(N2CCOCC2)C1. The van der Waals surface area contributed by atoms with E-state index in [1.54, 1.807) is 0 Å². The number of rotatable bonds is 2. The van der Waals surface area contributed by atoms with Crippen molar-refractivity contribution in [3.8, 4) is 0 Å². The highest BCUT2D eigenvalue weighted by Crippen LogP contribution is 2.26. The molecule has 2 fully saturated rings. The van der Waals surface area contributed by atoms with Gasteiger partial charge in [-0.2, -0.15) is 0 Å². The Morgan fingerprint density at radius 2 is 2.00 bits per heavy atom. The summed E-state index contributed by atoms with van der Waals surface area (Å²) in [5.41, 5.74) is 2.84. The van der Waals surface area contributed by atoms with E-state index in [2.05, 4.69) is 9.88 Å². The first-order chi connectivity index (χ1) is 11.2. The third-order valence-corrected chi connectivity index (χ3v) is 5.12. The number of ether oxygens (including phenoxy) is 1. The lowest BCUT2D eigenvalue weighted by Gasteiger charge is -2.32. The summed E-state index contributed by atoms with van der Waals surface area (Å²) in [6.07, 6.45) is 1.06. The second-order valence-corrected chi connectivity index (χ2v) is 6.51. The first-order valence-electron chi connectivity index (χ1n) is 8.42. The Morgan fingerprint density at radius 1 is 1.22 bits per heavy atom. The van der Waals surface area contributed by atoms with Crippen LogP contribution in [0.5, 0.6) is 0 Å². The molecule has 2 saturated heterocycles. The van der Waals surface area contributed by atoms with E-state index in [1.165, 1.54) is 0 Å². The van der Waals surface area contributed by atoms with Crippen LogP contribution in [-0.2, 0) is 4.74 Å². The molecule has 1 atom stereocenters. The van der Waals surface area contributed by atoms with Crippen molar-refractivity contribution in [2.24, 2.45) is 0 Å². The molecule has 0 radical (unpaired) electrons. The molecule has 5 nitrogen and oxygen atoms in total. The van der Waals surface area contributed by atoms with E-state index in [1.807, 2.05) is 36.1 Å². The lowest BCUT2D eigenvalue weighted by molar-refractivity contribution is 0.0185. The van der Waals surface area contributed by atoms with Crippen LogP contribution >= 0.6 is 0 Å². The zero-order chi connectivity index (χ0) is 15.8. The minimum absolute atomic E-state index is 0.163. The number of aromatic nitrogens is 1. The molecule has 2 aliphatic rings. The highest BCUT2D eigenvalue weighted by atomic mass is 16.5. The van der Waals surface area contributed by atoms with Gasteiger partial charge in [-0.3, -0.25) is 9.69 Å². The average Bonchev–Trinajstić information content (AvgIpc) is 3.19. The number of carbonyl (C=O) groups excluding carboxylic acids is 1. The van der Waals surface area contributed by atoms with Crippen molar-refractivity contribution in [3.05, 3.63) is 35.5 Å². The molecule has 2 aromatic rings. The second-order valence-electron chi connectivity index (χ2n) is 6.51. The molecule has 5 heteroatoms. The predicted molar refractivity (Wildman–Crippen MR) is 89.7 cm³/mol. The number of H-pyrrole nitrogens is 1. The van der Waals surface area contributed by atoms with E-state index >= 15 is 0 Å². The van der Waals surface area contributed by atoms with Crippen molar-refractivity contribution in [2.45, 2.75) is 19.4 Å². The molecule has 0 spiro atoms. The van der Waals surface area contributed by atoms with Crippen LogP contribution in [0, 0.1) is 6.92 Å². The monoisotopic (exact) mass is 313 g/mol. The number of hydrogen-bond acceptors (Lipinski definition) is 3. The van der Waals surface area contributed by atoms with E-state index in [0.29, 0.717) is 6.04 Å². The summed E-state index contributed by atoms with van der Waals surface area (Å²) in [7, 11) is 0. The van der Waals surface area contributed by atoms with Crippen LogP contribution in [0.3, 0.4) is 0 Å². The van der Waals surface area contributed by atoms with Gasteiger partial charge < -0.3 is 14.6 Å². The van der Waals surface area contributed by atoms with E-state index < -0.39 is 0 Å². The maximum absolute atomic E-state index is 13.0. The molecule has 1 unspecified atom stereocenters. The molecule has 4 rings (SSSR count). The lowest BCUT2D eigenvalue weighted by Crippen LogP contribution is -2.45. The van der Waals surface area contributed by atoms with Crippen LogP contribution in [0.4, 0.5) is 0 Å². The van der Waals surface area contributed by atoms with Gasteiger partial charge in [0.1, 0.15) is 0 Å². The summed E-state index contributed by atoms with van der Waals surface area (Å²) in [6, 6.07) is 8.53.